The molecule has 2 aromatic heterocycles. The fraction of sp³-hybridized carbons (Fsp3) is 0.0526. The van der Waals surface area contributed by atoms with E-state index in [1.807, 2.05) is 19.1 Å². The number of H-pyrrole nitrogens is 1. The third kappa shape index (κ3) is 3.74. The maximum atomic E-state index is 12.7. The molecule has 0 aliphatic rings. The SMILES string of the molecule is Cc1cc2cc(NS(=O)(=O)c3ccc(-n4ncc(Cl)c(Cl)c4=O)cc3)ccc2[nH]1. The summed E-state index contributed by atoms with van der Waals surface area (Å²) in [5.74, 6) is 0. The monoisotopic (exact) mass is 448 g/mol. The van der Waals surface area contributed by atoms with E-state index < -0.39 is 15.6 Å². The van der Waals surface area contributed by atoms with Gasteiger partial charge in [0, 0.05) is 22.3 Å². The van der Waals surface area contributed by atoms with E-state index in [-0.39, 0.29) is 14.9 Å². The molecule has 0 saturated carbocycles. The van der Waals surface area contributed by atoms with Crippen LogP contribution in [0.4, 0.5) is 5.69 Å². The lowest BCUT2D eigenvalue weighted by Gasteiger charge is -2.10. The summed E-state index contributed by atoms with van der Waals surface area (Å²) in [4.78, 5) is 15.4. The van der Waals surface area contributed by atoms with Crippen molar-refractivity contribution in [2.24, 2.45) is 0 Å². The molecule has 2 heterocycles. The normalized spacial score (nSPS) is 11.7. The van der Waals surface area contributed by atoms with Crippen molar-refractivity contribution in [1.82, 2.24) is 14.8 Å². The number of sulfonamides is 1. The van der Waals surface area contributed by atoms with Crippen molar-refractivity contribution in [3.8, 4) is 5.69 Å². The molecule has 4 rings (SSSR count). The number of benzene rings is 2. The lowest BCUT2D eigenvalue weighted by Crippen LogP contribution is -2.21. The Labute approximate surface area is 175 Å². The third-order valence-corrected chi connectivity index (χ3v) is 6.42. The standard InChI is InChI=1S/C19H14Cl2N4O3S/c1-11-8-12-9-13(2-7-17(12)23-11)24-29(27,28)15-5-3-14(4-6-15)25-19(26)18(21)16(20)10-22-25/h2-10,23-24H,1H3. The molecule has 148 valence electrons. The number of hydrogen-bond acceptors (Lipinski definition) is 4. The lowest BCUT2D eigenvalue weighted by molar-refractivity contribution is 0.601. The molecule has 0 radical (unpaired) electrons. The number of aromatic amines is 1. The second kappa shape index (κ2) is 7.22. The number of hydrogen-bond donors (Lipinski definition) is 2. The first-order valence-electron chi connectivity index (χ1n) is 8.40. The molecule has 10 heteroatoms. The van der Waals surface area contributed by atoms with Gasteiger partial charge in [0.25, 0.3) is 15.6 Å². The number of rotatable bonds is 4. The zero-order chi connectivity index (χ0) is 20.8. The van der Waals surface area contributed by atoms with E-state index in [2.05, 4.69) is 14.8 Å². The van der Waals surface area contributed by atoms with E-state index in [9.17, 15) is 13.2 Å². The highest BCUT2D eigenvalue weighted by Gasteiger charge is 2.16. The van der Waals surface area contributed by atoms with Crippen LogP contribution >= 0.6 is 23.2 Å². The molecule has 0 aliphatic carbocycles. The number of fused-ring (bicyclic) bond motifs is 1. The van der Waals surface area contributed by atoms with Gasteiger partial charge in [-0.1, -0.05) is 23.2 Å². The van der Waals surface area contributed by atoms with Gasteiger partial charge < -0.3 is 4.98 Å². The van der Waals surface area contributed by atoms with Gasteiger partial charge in [-0.3, -0.25) is 9.52 Å². The summed E-state index contributed by atoms with van der Waals surface area (Å²) in [6.07, 6.45) is 1.25. The van der Waals surface area contributed by atoms with Crippen LogP contribution in [0.5, 0.6) is 0 Å². The first-order chi connectivity index (χ1) is 13.7. The Hall–Kier alpha value is -2.81. The molecule has 0 aliphatic heterocycles. The fourth-order valence-electron chi connectivity index (χ4n) is 2.92. The first kappa shape index (κ1) is 19.5. The van der Waals surface area contributed by atoms with E-state index in [0.717, 1.165) is 21.3 Å². The van der Waals surface area contributed by atoms with Crippen molar-refractivity contribution >= 4 is 49.8 Å². The fourth-order valence-corrected chi connectivity index (χ4v) is 4.22. The summed E-state index contributed by atoms with van der Waals surface area (Å²) < 4.78 is 29.0. The Morgan fingerprint density at radius 2 is 1.79 bits per heavy atom. The summed E-state index contributed by atoms with van der Waals surface area (Å²) >= 11 is 11.6. The molecular formula is C19H14Cl2N4O3S. The smallest absolute Gasteiger partial charge is 0.291 e. The van der Waals surface area contributed by atoms with Crippen molar-refractivity contribution in [2.75, 3.05) is 4.72 Å². The minimum absolute atomic E-state index is 0.0414. The number of aromatic nitrogens is 3. The largest absolute Gasteiger partial charge is 0.359 e. The Kier molecular flexibility index (Phi) is 4.85. The van der Waals surface area contributed by atoms with Gasteiger partial charge in [-0.15, -0.1) is 0 Å². The van der Waals surface area contributed by atoms with Crippen molar-refractivity contribution in [2.45, 2.75) is 11.8 Å². The van der Waals surface area contributed by atoms with Crippen molar-refractivity contribution < 1.29 is 8.42 Å². The van der Waals surface area contributed by atoms with E-state index in [0.29, 0.717) is 11.4 Å². The molecule has 0 saturated heterocycles. The van der Waals surface area contributed by atoms with Crippen LogP contribution in [-0.2, 0) is 10.0 Å². The molecule has 0 fully saturated rings. The highest BCUT2D eigenvalue weighted by molar-refractivity contribution is 7.92. The first-order valence-corrected chi connectivity index (χ1v) is 10.6. The summed E-state index contributed by atoms with van der Waals surface area (Å²) in [6.45, 7) is 1.93. The minimum Gasteiger partial charge on any atom is -0.359 e. The second-order valence-corrected chi connectivity index (χ2v) is 8.84. The molecule has 0 bridgehead atoms. The van der Waals surface area contributed by atoms with Crippen LogP contribution in [-0.4, -0.2) is 23.2 Å². The number of nitrogens with zero attached hydrogens (tertiary/aromatic N) is 2. The molecule has 0 spiro atoms. The molecule has 7 nitrogen and oxygen atoms in total. The van der Waals surface area contributed by atoms with E-state index in [1.165, 1.54) is 30.5 Å². The minimum atomic E-state index is -3.81. The highest BCUT2D eigenvalue weighted by atomic mass is 35.5. The van der Waals surface area contributed by atoms with Gasteiger partial charge in [-0.2, -0.15) is 9.78 Å². The predicted octanol–water partition coefficient (Wildman–Crippen LogP) is 4.13. The van der Waals surface area contributed by atoms with Crippen LogP contribution in [0.25, 0.3) is 16.6 Å². The van der Waals surface area contributed by atoms with Crippen molar-refractivity contribution in [1.29, 1.82) is 0 Å². The molecule has 2 N–H and O–H groups in total. The molecule has 0 amide bonds. The van der Waals surface area contributed by atoms with Crippen molar-refractivity contribution in [3.05, 3.63) is 80.8 Å². The Morgan fingerprint density at radius 1 is 1.07 bits per heavy atom. The number of nitrogens with one attached hydrogen (secondary N) is 2. The van der Waals surface area contributed by atoms with Gasteiger partial charge in [0.1, 0.15) is 5.02 Å². The molecule has 29 heavy (non-hydrogen) atoms. The number of halogens is 2. The van der Waals surface area contributed by atoms with Gasteiger partial charge in [0.05, 0.1) is 21.8 Å². The average Bonchev–Trinajstić information content (AvgIpc) is 3.05. The van der Waals surface area contributed by atoms with Crippen LogP contribution < -0.4 is 10.3 Å². The maximum absolute atomic E-state index is 12.7. The summed E-state index contributed by atoms with van der Waals surface area (Å²) in [5, 5.41) is 4.71. The second-order valence-electron chi connectivity index (χ2n) is 6.38. The Balaban J connectivity index is 1.63. The summed E-state index contributed by atoms with van der Waals surface area (Å²) in [7, 11) is -3.81. The zero-order valence-corrected chi connectivity index (χ0v) is 17.3. The van der Waals surface area contributed by atoms with Gasteiger partial charge in [0.2, 0.25) is 0 Å². The summed E-state index contributed by atoms with van der Waals surface area (Å²) in [6, 6.07) is 12.9. The van der Waals surface area contributed by atoms with Crippen LogP contribution in [0, 0.1) is 6.92 Å². The topological polar surface area (TPSA) is 96.8 Å². The van der Waals surface area contributed by atoms with E-state index in [1.54, 1.807) is 12.1 Å². The average molecular weight is 449 g/mol. The van der Waals surface area contributed by atoms with Gasteiger partial charge in [-0.05, 0) is 55.5 Å². The number of anilines is 1. The zero-order valence-electron chi connectivity index (χ0n) is 15.0. The third-order valence-electron chi connectivity index (χ3n) is 4.28. The van der Waals surface area contributed by atoms with E-state index in [4.69, 9.17) is 23.2 Å². The Bertz CT molecular complexity index is 1390. The maximum Gasteiger partial charge on any atom is 0.291 e. The van der Waals surface area contributed by atoms with Crippen LogP contribution in [0.3, 0.4) is 0 Å². The molecule has 4 aromatic rings. The molecule has 2 aromatic carbocycles. The summed E-state index contributed by atoms with van der Waals surface area (Å²) in [5.41, 5.74) is 2.12. The van der Waals surface area contributed by atoms with Crippen LogP contribution in [0.2, 0.25) is 10.0 Å². The van der Waals surface area contributed by atoms with Crippen LogP contribution in [0.15, 0.2) is 64.4 Å². The predicted molar refractivity (Wildman–Crippen MR) is 114 cm³/mol. The number of aryl methyl sites for hydroxylation is 1. The van der Waals surface area contributed by atoms with Crippen molar-refractivity contribution in [3.63, 3.8) is 0 Å². The van der Waals surface area contributed by atoms with Gasteiger partial charge in [0.15, 0.2) is 0 Å². The van der Waals surface area contributed by atoms with E-state index >= 15 is 0 Å². The Morgan fingerprint density at radius 3 is 2.52 bits per heavy atom. The molecule has 0 atom stereocenters. The lowest BCUT2D eigenvalue weighted by atomic mass is 10.2. The quantitative estimate of drug-likeness (QED) is 0.490. The molecule has 0 unspecified atom stereocenters. The van der Waals surface area contributed by atoms with Crippen LogP contribution in [0.1, 0.15) is 5.69 Å². The van der Waals surface area contributed by atoms with Gasteiger partial charge >= 0.3 is 0 Å². The van der Waals surface area contributed by atoms with Gasteiger partial charge in [-0.25, -0.2) is 8.42 Å². The highest BCUT2D eigenvalue weighted by Crippen LogP contribution is 2.23. The molecular weight excluding hydrogens is 435 g/mol.